The Morgan fingerprint density at radius 3 is 2.56 bits per heavy atom. The molecule has 8 heteroatoms. The molecule has 0 saturated carbocycles. The van der Waals surface area contributed by atoms with Gasteiger partial charge in [0.2, 0.25) is 0 Å². The highest BCUT2D eigenvalue weighted by atomic mass is 32.2. The molecule has 1 aromatic carbocycles. The fourth-order valence-corrected chi connectivity index (χ4v) is 5.18. The second-order valence-electron chi connectivity index (χ2n) is 6.56. The largest absolute Gasteiger partial charge is 0.325 e. The fourth-order valence-electron chi connectivity index (χ4n) is 3.42. The summed E-state index contributed by atoms with van der Waals surface area (Å²) >= 11 is 0. The minimum Gasteiger partial charge on any atom is -0.325 e. The topological polar surface area (TPSA) is 86.8 Å². The summed E-state index contributed by atoms with van der Waals surface area (Å²) in [5, 5.41) is 2.73. The van der Waals surface area contributed by atoms with E-state index in [1.807, 2.05) is 42.2 Å². The van der Waals surface area contributed by atoms with Crippen LogP contribution in [0.15, 0.2) is 30.3 Å². The summed E-state index contributed by atoms with van der Waals surface area (Å²) in [5.74, 6) is 0.0104. The number of hydrogen-bond acceptors (Lipinski definition) is 5. The van der Waals surface area contributed by atoms with Crippen LogP contribution in [0.5, 0.6) is 0 Å². The number of carbonyl (C=O) groups is 2. The van der Waals surface area contributed by atoms with E-state index in [1.165, 1.54) is 4.90 Å². The van der Waals surface area contributed by atoms with E-state index in [9.17, 15) is 18.0 Å². The number of hydrogen-bond donors (Lipinski definition) is 1. The molecule has 2 aliphatic heterocycles. The minimum atomic E-state index is -3.01. The summed E-state index contributed by atoms with van der Waals surface area (Å²) in [6, 6.07) is 8.42. The van der Waals surface area contributed by atoms with E-state index >= 15 is 0 Å². The first-order valence-corrected chi connectivity index (χ1v) is 10.3. The van der Waals surface area contributed by atoms with Crippen LogP contribution in [0.4, 0.5) is 4.79 Å². The molecule has 0 unspecified atom stereocenters. The highest BCUT2D eigenvalue weighted by molar-refractivity contribution is 7.91. The first kappa shape index (κ1) is 17.9. The number of sulfone groups is 1. The highest BCUT2D eigenvalue weighted by Gasteiger charge is 2.40. The molecule has 2 saturated heterocycles. The van der Waals surface area contributed by atoms with Gasteiger partial charge < -0.3 is 5.32 Å². The quantitative estimate of drug-likeness (QED) is 0.747. The molecule has 136 valence electrons. The van der Waals surface area contributed by atoms with Crippen molar-refractivity contribution in [3.05, 3.63) is 35.9 Å². The molecular formula is C17H23N3O4S. The molecule has 2 heterocycles. The number of benzene rings is 1. The third kappa shape index (κ3) is 4.01. The maximum atomic E-state index is 12.6. The van der Waals surface area contributed by atoms with Crippen LogP contribution in [0.25, 0.3) is 0 Å². The third-order valence-corrected chi connectivity index (χ3v) is 6.59. The third-order valence-electron chi connectivity index (χ3n) is 4.84. The summed E-state index contributed by atoms with van der Waals surface area (Å²) < 4.78 is 23.4. The molecular weight excluding hydrogens is 342 g/mol. The maximum Gasteiger partial charge on any atom is 0.325 e. The van der Waals surface area contributed by atoms with Crippen LogP contribution in [-0.4, -0.2) is 67.0 Å². The van der Waals surface area contributed by atoms with Gasteiger partial charge in [-0.1, -0.05) is 37.3 Å². The van der Waals surface area contributed by atoms with Crippen molar-refractivity contribution in [1.82, 2.24) is 15.1 Å². The molecule has 3 rings (SSSR count). The number of imide groups is 1. The number of nitrogens with one attached hydrogen (secondary N) is 1. The Kier molecular flexibility index (Phi) is 5.10. The Balaban J connectivity index is 1.65. The van der Waals surface area contributed by atoms with Gasteiger partial charge in [-0.3, -0.25) is 9.69 Å². The van der Waals surface area contributed by atoms with Crippen LogP contribution >= 0.6 is 0 Å². The van der Waals surface area contributed by atoms with Crippen molar-refractivity contribution in [2.75, 3.05) is 24.7 Å². The van der Waals surface area contributed by atoms with Crippen LogP contribution < -0.4 is 5.32 Å². The Labute approximate surface area is 147 Å². The number of rotatable bonds is 6. The molecule has 25 heavy (non-hydrogen) atoms. The lowest BCUT2D eigenvalue weighted by Crippen LogP contribution is -2.47. The second kappa shape index (κ2) is 7.13. The van der Waals surface area contributed by atoms with E-state index in [4.69, 9.17) is 0 Å². The summed E-state index contributed by atoms with van der Waals surface area (Å²) in [6.07, 6.45) is 0.999. The molecule has 1 N–H and O–H groups in total. The van der Waals surface area contributed by atoms with Crippen molar-refractivity contribution in [3.8, 4) is 0 Å². The normalized spacial score (nSPS) is 25.6. The van der Waals surface area contributed by atoms with Gasteiger partial charge >= 0.3 is 6.03 Å². The van der Waals surface area contributed by atoms with Crippen molar-refractivity contribution < 1.29 is 18.0 Å². The van der Waals surface area contributed by atoms with E-state index in [2.05, 4.69) is 5.32 Å². The maximum absolute atomic E-state index is 12.6. The summed E-state index contributed by atoms with van der Waals surface area (Å²) in [4.78, 5) is 27.9. The van der Waals surface area contributed by atoms with E-state index in [1.54, 1.807) is 0 Å². The first-order chi connectivity index (χ1) is 11.9. The van der Waals surface area contributed by atoms with E-state index in [0.717, 1.165) is 5.56 Å². The SMILES string of the molecule is CCN(CN1C(=O)N[C@H](Cc2ccccc2)C1=O)[C@H]1CCS(=O)(=O)C1. The van der Waals surface area contributed by atoms with Gasteiger partial charge in [0, 0.05) is 12.5 Å². The van der Waals surface area contributed by atoms with Crippen LogP contribution in [0.1, 0.15) is 18.9 Å². The number of amides is 3. The molecule has 2 atom stereocenters. The van der Waals surface area contributed by atoms with Crippen molar-refractivity contribution in [1.29, 1.82) is 0 Å². The van der Waals surface area contributed by atoms with Gasteiger partial charge in [0.1, 0.15) is 6.04 Å². The number of nitrogens with zero attached hydrogens (tertiary/aromatic N) is 2. The van der Waals surface area contributed by atoms with Crippen LogP contribution in [0.2, 0.25) is 0 Å². The Morgan fingerprint density at radius 1 is 1.24 bits per heavy atom. The predicted molar refractivity (Wildman–Crippen MR) is 93.6 cm³/mol. The van der Waals surface area contributed by atoms with Gasteiger partial charge in [-0.15, -0.1) is 0 Å². The van der Waals surface area contributed by atoms with Crippen LogP contribution in [0, 0.1) is 0 Å². The number of urea groups is 1. The van der Waals surface area contributed by atoms with Crippen LogP contribution in [-0.2, 0) is 21.1 Å². The van der Waals surface area contributed by atoms with Crippen molar-refractivity contribution in [2.45, 2.75) is 31.8 Å². The standard InChI is InChI=1S/C17H23N3O4S/c1-2-19(14-8-9-25(23,24)11-14)12-20-16(21)15(18-17(20)22)10-13-6-4-3-5-7-13/h3-7,14-15H,2,8-12H2,1H3,(H,18,22)/t14-,15+/m0/s1. The molecule has 7 nitrogen and oxygen atoms in total. The smallest absolute Gasteiger partial charge is 0.325 e. The highest BCUT2D eigenvalue weighted by Crippen LogP contribution is 2.20. The summed E-state index contributed by atoms with van der Waals surface area (Å²) in [6.45, 7) is 2.62. The molecule has 0 aliphatic carbocycles. The molecule has 0 spiro atoms. The Hall–Kier alpha value is -1.93. The summed E-state index contributed by atoms with van der Waals surface area (Å²) in [5.41, 5.74) is 0.984. The zero-order valence-corrected chi connectivity index (χ0v) is 15.0. The Bertz CT molecular complexity index is 750. The lowest BCUT2D eigenvalue weighted by Gasteiger charge is -2.29. The minimum absolute atomic E-state index is 0.0952. The summed E-state index contributed by atoms with van der Waals surface area (Å²) in [7, 11) is -3.01. The number of carbonyl (C=O) groups excluding carboxylic acids is 2. The molecule has 0 aromatic heterocycles. The van der Waals surface area contributed by atoms with Gasteiger partial charge in [-0.25, -0.2) is 18.1 Å². The van der Waals surface area contributed by atoms with Crippen molar-refractivity contribution >= 4 is 21.8 Å². The molecule has 2 aliphatic rings. The average Bonchev–Trinajstić information content (AvgIpc) is 3.06. The zero-order valence-electron chi connectivity index (χ0n) is 14.2. The Morgan fingerprint density at radius 2 is 1.96 bits per heavy atom. The van der Waals surface area contributed by atoms with Crippen molar-refractivity contribution in [3.63, 3.8) is 0 Å². The van der Waals surface area contributed by atoms with Gasteiger partial charge in [0.15, 0.2) is 9.84 Å². The van der Waals surface area contributed by atoms with E-state index in [0.29, 0.717) is 19.4 Å². The zero-order chi connectivity index (χ0) is 18.0. The molecule has 3 amide bonds. The first-order valence-electron chi connectivity index (χ1n) is 8.50. The van der Waals surface area contributed by atoms with Gasteiger partial charge in [0.05, 0.1) is 18.2 Å². The van der Waals surface area contributed by atoms with E-state index < -0.39 is 21.9 Å². The lowest BCUT2D eigenvalue weighted by molar-refractivity contribution is -0.129. The molecule has 1 aromatic rings. The van der Waals surface area contributed by atoms with Gasteiger partial charge in [-0.05, 0) is 18.5 Å². The van der Waals surface area contributed by atoms with E-state index in [-0.39, 0.29) is 30.1 Å². The molecule has 0 radical (unpaired) electrons. The predicted octanol–water partition coefficient (Wildman–Crippen LogP) is 0.616. The fraction of sp³-hybridized carbons (Fsp3) is 0.529. The van der Waals surface area contributed by atoms with Gasteiger partial charge in [0.25, 0.3) is 5.91 Å². The second-order valence-corrected chi connectivity index (χ2v) is 8.79. The lowest BCUT2D eigenvalue weighted by atomic mass is 10.1. The average molecular weight is 365 g/mol. The molecule has 2 fully saturated rings. The van der Waals surface area contributed by atoms with Crippen molar-refractivity contribution in [2.24, 2.45) is 0 Å². The monoisotopic (exact) mass is 365 g/mol. The van der Waals surface area contributed by atoms with Crippen LogP contribution in [0.3, 0.4) is 0 Å². The molecule has 0 bridgehead atoms. The van der Waals surface area contributed by atoms with Gasteiger partial charge in [-0.2, -0.15) is 0 Å².